The van der Waals surface area contributed by atoms with Gasteiger partial charge in [-0.25, -0.2) is 4.79 Å². The smallest absolute Gasteiger partial charge is 0.344 e. The molecule has 0 aliphatic rings. The van der Waals surface area contributed by atoms with Crippen LogP contribution in [0.15, 0.2) is 59.1 Å². The minimum absolute atomic E-state index is 0.0741. The standard InChI is InChI=1S/C19H18N2O5/c1-14-20-18(26-21-14)12-25-19(22)13-24-17-9-7-16(8-10-17)23-11-15-5-3-2-4-6-15/h2-10H,11-13H2,1H3. The molecule has 7 nitrogen and oxygen atoms in total. The number of aromatic nitrogens is 2. The molecule has 7 heteroatoms. The van der Waals surface area contributed by atoms with E-state index in [4.69, 9.17) is 18.7 Å². The van der Waals surface area contributed by atoms with Crippen molar-refractivity contribution < 1.29 is 23.5 Å². The predicted octanol–water partition coefficient (Wildman–Crippen LogP) is 3.08. The number of nitrogens with zero attached hydrogens (tertiary/aromatic N) is 2. The van der Waals surface area contributed by atoms with E-state index < -0.39 is 5.97 Å². The maximum absolute atomic E-state index is 11.7. The van der Waals surface area contributed by atoms with Gasteiger partial charge in [-0.05, 0) is 36.8 Å². The maximum atomic E-state index is 11.7. The van der Waals surface area contributed by atoms with Crippen LogP contribution >= 0.6 is 0 Å². The second kappa shape index (κ2) is 8.66. The monoisotopic (exact) mass is 354 g/mol. The van der Waals surface area contributed by atoms with E-state index in [0.29, 0.717) is 18.2 Å². The molecule has 0 spiro atoms. The number of hydrogen-bond donors (Lipinski definition) is 0. The van der Waals surface area contributed by atoms with Crippen LogP contribution in [-0.2, 0) is 22.7 Å². The SMILES string of the molecule is Cc1noc(COC(=O)COc2ccc(OCc3ccccc3)cc2)n1. The molecule has 3 aromatic rings. The fourth-order valence-corrected chi connectivity index (χ4v) is 2.10. The van der Waals surface area contributed by atoms with Crippen molar-refractivity contribution >= 4 is 5.97 Å². The van der Waals surface area contributed by atoms with E-state index >= 15 is 0 Å². The quantitative estimate of drug-likeness (QED) is 0.575. The molecule has 0 aliphatic carbocycles. The van der Waals surface area contributed by atoms with Crippen molar-refractivity contribution in [3.8, 4) is 11.5 Å². The molecular formula is C19H18N2O5. The van der Waals surface area contributed by atoms with E-state index in [0.717, 1.165) is 11.3 Å². The normalized spacial score (nSPS) is 10.3. The minimum atomic E-state index is -0.523. The van der Waals surface area contributed by atoms with E-state index in [1.165, 1.54) is 0 Å². The Morgan fingerprint density at radius 2 is 1.65 bits per heavy atom. The Kier molecular flexibility index (Phi) is 5.82. The van der Waals surface area contributed by atoms with Crippen LogP contribution in [0.4, 0.5) is 0 Å². The van der Waals surface area contributed by atoms with Crippen molar-refractivity contribution in [2.75, 3.05) is 6.61 Å². The molecule has 0 atom stereocenters. The Morgan fingerprint density at radius 1 is 0.962 bits per heavy atom. The Morgan fingerprint density at radius 3 is 2.31 bits per heavy atom. The van der Waals surface area contributed by atoms with Gasteiger partial charge < -0.3 is 18.7 Å². The van der Waals surface area contributed by atoms with Gasteiger partial charge in [0.1, 0.15) is 18.1 Å². The number of carbonyl (C=O) groups excluding carboxylic acids is 1. The van der Waals surface area contributed by atoms with E-state index in [-0.39, 0.29) is 19.1 Å². The number of aryl methyl sites for hydroxylation is 1. The van der Waals surface area contributed by atoms with Crippen LogP contribution in [0.1, 0.15) is 17.3 Å². The number of hydrogen-bond acceptors (Lipinski definition) is 7. The fourth-order valence-electron chi connectivity index (χ4n) is 2.10. The zero-order valence-electron chi connectivity index (χ0n) is 14.3. The molecule has 3 rings (SSSR count). The van der Waals surface area contributed by atoms with Crippen LogP contribution in [0.2, 0.25) is 0 Å². The number of ether oxygens (including phenoxy) is 3. The molecule has 1 heterocycles. The van der Waals surface area contributed by atoms with Gasteiger partial charge in [-0.1, -0.05) is 35.5 Å². The van der Waals surface area contributed by atoms with Gasteiger partial charge in [0, 0.05) is 0 Å². The lowest BCUT2D eigenvalue weighted by Crippen LogP contribution is -2.14. The highest BCUT2D eigenvalue weighted by atomic mass is 16.6. The first-order valence-corrected chi connectivity index (χ1v) is 8.03. The van der Waals surface area contributed by atoms with Gasteiger partial charge in [0.05, 0.1) is 0 Å². The molecule has 0 unspecified atom stereocenters. The third-order valence-corrected chi connectivity index (χ3v) is 3.36. The van der Waals surface area contributed by atoms with Gasteiger partial charge in [0.2, 0.25) is 0 Å². The summed E-state index contributed by atoms with van der Waals surface area (Å²) in [5, 5.41) is 3.61. The van der Waals surface area contributed by atoms with Crippen molar-refractivity contribution in [3.05, 3.63) is 71.9 Å². The highest BCUT2D eigenvalue weighted by Gasteiger charge is 2.09. The molecule has 0 fully saturated rings. The fraction of sp³-hybridized carbons (Fsp3) is 0.211. The van der Waals surface area contributed by atoms with Crippen LogP contribution in [0.25, 0.3) is 0 Å². The van der Waals surface area contributed by atoms with Crippen molar-refractivity contribution in [2.24, 2.45) is 0 Å². The zero-order chi connectivity index (χ0) is 18.2. The Balaban J connectivity index is 1.40. The first kappa shape index (κ1) is 17.5. The zero-order valence-corrected chi connectivity index (χ0v) is 14.3. The Bertz CT molecular complexity index is 831. The van der Waals surface area contributed by atoms with Crippen molar-refractivity contribution in [1.82, 2.24) is 10.1 Å². The van der Waals surface area contributed by atoms with Crippen molar-refractivity contribution in [3.63, 3.8) is 0 Å². The van der Waals surface area contributed by atoms with E-state index in [9.17, 15) is 4.79 Å². The highest BCUT2D eigenvalue weighted by molar-refractivity contribution is 5.71. The average Bonchev–Trinajstić information content (AvgIpc) is 3.10. The van der Waals surface area contributed by atoms with Crippen LogP contribution in [0.5, 0.6) is 11.5 Å². The summed E-state index contributed by atoms with van der Waals surface area (Å²) in [6.07, 6.45) is 0. The van der Waals surface area contributed by atoms with Gasteiger partial charge in [-0.2, -0.15) is 4.98 Å². The topological polar surface area (TPSA) is 83.7 Å². The van der Waals surface area contributed by atoms with Crippen LogP contribution < -0.4 is 9.47 Å². The Hall–Kier alpha value is -3.35. The second-order valence-electron chi connectivity index (χ2n) is 5.43. The molecular weight excluding hydrogens is 336 g/mol. The number of rotatable bonds is 8. The molecule has 2 aromatic carbocycles. The molecule has 1 aromatic heterocycles. The molecule has 0 radical (unpaired) electrons. The molecule has 0 N–H and O–H groups in total. The Labute approximate surface area is 150 Å². The number of benzene rings is 2. The first-order chi connectivity index (χ1) is 12.7. The third kappa shape index (κ3) is 5.34. The van der Waals surface area contributed by atoms with Gasteiger partial charge in [-0.3, -0.25) is 0 Å². The van der Waals surface area contributed by atoms with Crippen molar-refractivity contribution in [1.29, 1.82) is 0 Å². The molecule has 0 bridgehead atoms. The molecule has 0 aliphatic heterocycles. The lowest BCUT2D eigenvalue weighted by molar-refractivity contribution is -0.148. The lowest BCUT2D eigenvalue weighted by atomic mass is 10.2. The van der Waals surface area contributed by atoms with Crippen LogP contribution in [0.3, 0.4) is 0 Å². The summed E-state index contributed by atoms with van der Waals surface area (Å²) in [7, 11) is 0. The van der Waals surface area contributed by atoms with Crippen molar-refractivity contribution in [2.45, 2.75) is 20.1 Å². The summed E-state index contributed by atoms with van der Waals surface area (Å²) in [4.78, 5) is 15.6. The molecule has 0 amide bonds. The summed E-state index contributed by atoms with van der Waals surface area (Å²) in [5.74, 6) is 1.47. The van der Waals surface area contributed by atoms with Crippen LogP contribution in [-0.4, -0.2) is 22.7 Å². The largest absolute Gasteiger partial charge is 0.489 e. The first-order valence-electron chi connectivity index (χ1n) is 8.03. The minimum Gasteiger partial charge on any atom is -0.489 e. The van der Waals surface area contributed by atoms with Gasteiger partial charge in [0.25, 0.3) is 5.89 Å². The average molecular weight is 354 g/mol. The van der Waals surface area contributed by atoms with E-state index in [2.05, 4.69) is 10.1 Å². The summed E-state index contributed by atoms with van der Waals surface area (Å²) < 4.78 is 20.9. The van der Waals surface area contributed by atoms with E-state index in [1.807, 2.05) is 30.3 Å². The predicted molar refractivity (Wildman–Crippen MR) is 91.5 cm³/mol. The summed E-state index contributed by atoms with van der Waals surface area (Å²) in [5.41, 5.74) is 1.09. The molecule has 0 saturated heterocycles. The highest BCUT2D eigenvalue weighted by Crippen LogP contribution is 2.18. The second-order valence-corrected chi connectivity index (χ2v) is 5.43. The number of carbonyl (C=O) groups is 1. The maximum Gasteiger partial charge on any atom is 0.344 e. The molecule has 134 valence electrons. The summed E-state index contributed by atoms with van der Waals surface area (Å²) >= 11 is 0. The van der Waals surface area contributed by atoms with Gasteiger partial charge in [-0.15, -0.1) is 0 Å². The summed E-state index contributed by atoms with van der Waals surface area (Å²) in [6, 6.07) is 16.9. The molecule has 0 saturated carbocycles. The van der Waals surface area contributed by atoms with Gasteiger partial charge in [0.15, 0.2) is 19.0 Å². The molecule has 26 heavy (non-hydrogen) atoms. The number of esters is 1. The van der Waals surface area contributed by atoms with E-state index in [1.54, 1.807) is 31.2 Å². The van der Waals surface area contributed by atoms with Gasteiger partial charge >= 0.3 is 5.97 Å². The third-order valence-electron chi connectivity index (χ3n) is 3.36. The van der Waals surface area contributed by atoms with Crippen LogP contribution in [0, 0.1) is 6.92 Å². The summed E-state index contributed by atoms with van der Waals surface area (Å²) in [6.45, 7) is 1.89. The lowest BCUT2D eigenvalue weighted by Gasteiger charge is -2.08.